The van der Waals surface area contributed by atoms with E-state index in [0.717, 1.165) is 0 Å². The van der Waals surface area contributed by atoms with Gasteiger partial charge in [0.05, 0.1) is 57.8 Å². The number of anilines is 1. The maximum Gasteiger partial charge on any atom is 0.269 e. The quantitative estimate of drug-likeness (QED) is 0.338. The molecule has 0 bridgehead atoms. The Morgan fingerprint density at radius 2 is 1.02 bits per heavy atom. The van der Waals surface area contributed by atoms with E-state index < -0.39 is 16.2 Å². The van der Waals surface area contributed by atoms with Crippen molar-refractivity contribution in [1.29, 1.82) is 0 Å². The van der Waals surface area contributed by atoms with Gasteiger partial charge in [-0.1, -0.05) is 12.1 Å². The number of fused-ring (bicyclic) bond motifs is 3. The molecule has 0 saturated carbocycles. The van der Waals surface area contributed by atoms with Crippen molar-refractivity contribution >= 4 is 17.3 Å². The lowest BCUT2D eigenvalue weighted by molar-refractivity contribution is -0.384. The van der Waals surface area contributed by atoms with Gasteiger partial charge in [-0.15, -0.1) is 0 Å². The monoisotopic (exact) mass is 622 g/mol. The molecule has 0 atom stereocenters. The number of carbonyl (C=O) groups excluding carboxylic acids is 1. The van der Waals surface area contributed by atoms with Crippen LogP contribution in [0.3, 0.4) is 0 Å². The molecule has 1 amide bonds. The molecule has 3 aromatic rings. The van der Waals surface area contributed by atoms with E-state index in [0.29, 0.717) is 98.2 Å². The van der Waals surface area contributed by atoms with Gasteiger partial charge in [-0.2, -0.15) is 0 Å². The molecule has 0 fully saturated rings. The molecule has 0 spiro atoms. The highest BCUT2D eigenvalue weighted by molar-refractivity contribution is 6.11. The van der Waals surface area contributed by atoms with Crippen LogP contribution in [0.25, 0.3) is 0 Å². The summed E-state index contributed by atoms with van der Waals surface area (Å²) in [5.41, 5.74) is 0.216. The van der Waals surface area contributed by atoms with Crippen LogP contribution in [0.4, 0.5) is 11.4 Å². The van der Waals surface area contributed by atoms with Gasteiger partial charge in [-0.05, 0) is 41.5 Å². The molecule has 3 aliphatic heterocycles. The van der Waals surface area contributed by atoms with Crippen LogP contribution in [0.5, 0.6) is 23.0 Å². The third-order valence-corrected chi connectivity index (χ3v) is 7.65. The molecule has 0 saturated heterocycles. The van der Waals surface area contributed by atoms with Crippen molar-refractivity contribution in [1.82, 2.24) is 0 Å². The zero-order valence-electron chi connectivity index (χ0n) is 24.6. The number of carbonyl (C=O) groups is 1. The third kappa shape index (κ3) is 6.52. The number of benzene rings is 3. The molecule has 13 heteroatoms. The van der Waals surface area contributed by atoms with Crippen LogP contribution >= 0.6 is 0 Å². The third-order valence-electron chi connectivity index (χ3n) is 7.65. The molecule has 3 aliphatic rings. The van der Waals surface area contributed by atoms with Crippen molar-refractivity contribution in [3.8, 4) is 23.0 Å². The number of hydrogen-bond acceptors (Lipinski definition) is 11. The van der Waals surface area contributed by atoms with Crippen LogP contribution in [-0.4, -0.2) is 90.1 Å². The molecule has 0 aliphatic carbocycles. The molecular formula is C32H34N2O11. The molecule has 45 heavy (non-hydrogen) atoms. The number of amides is 1. The Kier molecular flexibility index (Phi) is 9.60. The maximum atomic E-state index is 14.3. The minimum Gasteiger partial charge on any atom is -0.487 e. The van der Waals surface area contributed by atoms with E-state index in [4.69, 9.17) is 37.9 Å². The number of rotatable bonds is 3. The Morgan fingerprint density at radius 1 is 0.578 bits per heavy atom. The highest BCUT2D eigenvalue weighted by atomic mass is 16.6. The molecule has 3 aromatic carbocycles. The van der Waals surface area contributed by atoms with Crippen molar-refractivity contribution in [3.63, 3.8) is 0 Å². The molecule has 0 aromatic heterocycles. The van der Waals surface area contributed by atoms with Gasteiger partial charge in [0.1, 0.15) is 31.8 Å². The summed E-state index contributed by atoms with van der Waals surface area (Å²) in [6.07, 6.45) is 0. The zero-order chi connectivity index (χ0) is 31.1. The minimum atomic E-state index is -1.52. The summed E-state index contributed by atoms with van der Waals surface area (Å²) in [6, 6.07) is 14.8. The first kappa shape index (κ1) is 30.6. The van der Waals surface area contributed by atoms with E-state index in [2.05, 4.69) is 5.32 Å². The Hall–Kier alpha value is -4.43. The van der Waals surface area contributed by atoms with Crippen molar-refractivity contribution < 1.29 is 47.6 Å². The maximum absolute atomic E-state index is 14.3. The van der Waals surface area contributed by atoms with Gasteiger partial charge >= 0.3 is 0 Å². The predicted molar refractivity (Wildman–Crippen MR) is 160 cm³/mol. The molecule has 6 rings (SSSR count). The minimum absolute atomic E-state index is 0.152. The Bertz CT molecular complexity index is 1460. The lowest BCUT2D eigenvalue weighted by Gasteiger charge is -2.30. The Morgan fingerprint density at radius 3 is 1.49 bits per heavy atom. The smallest absolute Gasteiger partial charge is 0.269 e. The largest absolute Gasteiger partial charge is 0.487 e. The van der Waals surface area contributed by atoms with Gasteiger partial charge in [-0.3, -0.25) is 14.9 Å². The lowest BCUT2D eigenvalue weighted by Crippen LogP contribution is -2.37. The first-order valence-corrected chi connectivity index (χ1v) is 14.8. The topological polar surface area (TPSA) is 146 Å². The number of nitrogens with one attached hydrogen (secondary N) is 1. The standard InChI is InChI=1S/C32H34N2O11/c35-31-32(25-21-24(34(36)37)3-4-26(25)33-31,22-1-5-27-29(19-22)44-17-13-40-9-7-38-11-15-42-27)23-2-6-28-30(20-23)45-18-14-41-10-8-39-12-16-43-28/h1-6,19-21H,7-18H2,(H,33,35). The van der Waals surface area contributed by atoms with Crippen LogP contribution in [0, 0.1) is 10.1 Å². The number of ether oxygens (including phenoxy) is 8. The first-order valence-electron chi connectivity index (χ1n) is 14.8. The number of nitrogens with zero attached hydrogens (tertiary/aromatic N) is 1. The van der Waals surface area contributed by atoms with Crippen molar-refractivity contribution in [2.45, 2.75) is 5.41 Å². The summed E-state index contributed by atoms with van der Waals surface area (Å²) < 4.78 is 46.4. The molecule has 0 unspecified atom stereocenters. The second kappa shape index (κ2) is 14.1. The summed E-state index contributed by atoms with van der Waals surface area (Å²) in [7, 11) is 0. The SMILES string of the molecule is O=C1Nc2ccc([N+](=O)[O-])cc2C1(c1ccc2c(c1)OCCOCCOCCO2)c1ccc2c(c1)OCCOCCOCCO2. The fourth-order valence-electron chi connectivity index (χ4n) is 5.58. The second-order valence-corrected chi connectivity index (χ2v) is 10.4. The van der Waals surface area contributed by atoms with Gasteiger partial charge in [0, 0.05) is 23.4 Å². The summed E-state index contributed by atoms with van der Waals surface area (Å²) >= 11 is 0. The summed E-state index contributed by atoms with van der Waals surface area (Å²) in [4.78, 5) is 25.7. The highest BCUT2D eigenvalue weighted by Crippen LogP contribution is 2.51. The van der Waals surface area contributed by atoms with Crippen molar-refractivity contribution in [2.75, 3.05) is 84.6 Å². The van der Waals surface area contributed by atoms with Crippen molar-refractivity contribution in [3.05, 3.63) is 81.4 Å². The van der Waals surface area contributed by atoms with E-state index >= 15 is 0 Å². The number of non-ortho nitro benzene ring substituents is 1. The molecule has 238 valence electrons. The average molecular weight is 623 g/mol. The van der Waals surface area contributed by atoms with Gasteiger partial charge < -0.3 is 43.2 Å². The summed E-state index contributed by atoms with van der Waals surface area (Å²) in [5.74, 6) is 1.32. The normalized spacial score (nSPS) is 19.0. The van der Waals surface area contributed by atoms with E-state index in [1.807, 2.05) is 0 Å². The summed E-state index contributed by atoms with van der Waals surface area (Å²) in [6.45, 7) is 4.17. The Labute approximate surface area is 259 Å². The average Bonchev–Trinajstić information content (AvgIpc) is 3.33. The summed E-state index contributed by atoms with van der Waals surface area (Å²) in [5, 5.41) is 14.8. The predicted octanol–water partition coefficient (Wildman–Crippen LogP) is 3.49. The zero-order valence-corrected chi connectivity index (χ0v) is 24.6. The van der Waals surface area contributed by atoms with Crippen LogP contribution in [0.15, 0.2) is 54.6 Å². The number of hydrogen-bond donors (Lipinski definition) is 1. The van der Waals surface area contributed by atoms with Crippen LogP contribution < -0.4 is 24.3 Å². The highest BCUT2D eigenvalue weighted by Gasteiger charge is 2.51. The van der Waals surface area contributed by atoms with Crippen LogP contribution in [0.2, 0.25) is 0 Å². The lowest BCUT2D eigenvalue weighted by atomic mass is 9.70. The first-order chi connectivity index (χ1) is 22.1. The van der Waals surface area contributed by atoms with E-state index in [1.54, 1.807) is 42.5 Å². The molecular weight excluding hydrogens is 588 g/mol. The van der Waals surface area contributed by atoms with Gasteiger partial charge in [0.25, 0.3) is 5.69 Å². The van der Waals surface area contributed by atoms with Crippen molar-refractivity contribution in [2.24, 2.45) is 0 Å². The van der Waals surface area contributed by atoms with Crippen LogP contribution in [-0.2, 0) is 29.2 Å². The molecule has 1 N–H and O–H groups in total. The fraction of sp³-hybridized carbons (Fsp3) is 0.406. The number of nitro groups is 1. The fourth-order valence-corrected chi connectivity index (χ4v) is 5.58. The van der Waals surface area contributed by atoms with Gasteiger partial charge in [0.2, 0.25) is 5.91 Å². The molecule has 0 radical (unpaired) electrons. The van der Waals surface area contributed by atoms with Gasteiger partial charge in [0.15, 0.2) is 23.0 Å². The van der Waals surface area contributed by atoms with E-state index in [9.17, 15) is 14.9 Å². The Balaban J connectivity index is 1.49. The molecule has 13 nitrogen and oxygen atoms in total. The van der Waals surface area contributed by atoms with E-state index in [-0.39, 0.29) is 32.1 Å². The molecule has 3 heterocycles. The van der Waals surface area contributed by atoms with Crippen LogP contribution in [0.1, 0.15) is 16.7 Å². The second-order valence-electron chi connectivity index (χ2n) is 10.4. The van der Waals surface area contributed by atoms with E-state index in [1.165, 1.54) is 12.1 Å². The number of nitro benzene ring substituents is 1. The van der Waals surface area contributed by atoms with Gasteiger partial charge in [-0.25, -0.2) is 0 Å².